The second kappa shape index (κ2) is 9.56. The van der Waals surface area contributed by atoms with E-state index < -0.39 is 12.1 Å². The summed E-state index contributed by atoms with van der Waals surface area (Å²) in [5, 5.41) is 15.0. The third kappa shape index (κ3) is 6.22. The predicted molar refractivity (Wildman–Crippen MR) is 110 cm³/mol. The van der Waals surface area contributed by atoms with Crippen molar-refractivity contribution in [1.29, 1.82) is 5.26 Å². The van der Waals surface area contributed by atoms with Crippen LogP contribution in [0.2, 0.25) is 0 Å². The lowest BCUT2D eigenvalue weighted by molar-refractivity contribution is -0.155. The van der Waals surface area contributed by atoms with E-state index in [1.54, 1.807) is 30.5 Å². The Hall–Kier alpha value is -3.59. The Balaban J connectivity index is 1.64. The van der Waals surface area contributed by atoms with Crippen LogP contribution in [0, 0.1) is 11.3 Å². The van der Waals surface area contributed by atoms with Crippen LogP contribution in [0.5, 0.6) is 0 Å². The molecule has 1 fully saturated rings. The summed E-state index contributed by atoms with van der Waals surface area (Å²) in [6.45, 7) is 1.82. The zero-order valence-corrected chi connectivity index (χ0v) is 16.2. The fraction of sp³-hybridized carbons (Fsp3) is 0.261. The summed E-state index contributed by atoms with van der Waals surface area (Å²) in [6.07, 6.45) is 2.64. The van der Waals surface area contributed by atoms with Crippen molar-refractivity contribution in [3.63, 3.8) is 0 Å². The number of hydrogen-bond acceptors (Lipinski definition) is 5. The normalized spacial score (nSPS) is 14.4. The lowest BCUT2D eigenvalue weighted by atomic mass is 10.1. The molecule has 2 aromatic carbocycles. The molecule has 2 N–H and O–H groups in total. The number of carbonyl (C=O) groups excluding carboxylic acids is 2. The molecular weight excluding hydrogens is 366 g/mol. The number of nitrogens with one attached hydrogen (secondary N) is 2. The molecule has 1 atom stereocenters. The van der Waals surface area contributed by atoms with E-state index >= 15 is 0 Å². The van der Waals surface area contributed by atoms with E-state index in [9.17, 15) is 9.59 Å². The smallest absolute Gasteiger partial charge is 0.311 e. The number of anilines is 1. The third-order valence-corrected chi connectivity index (χ3v) is 4.44. The average Bonchev–Trinajstić information content (AvgIpc) is 3.55. The molecule has 0 spiro atoms. The Morgan fingerprint density at radius 2 is 1.86 bits per heavy atom. The second-order valence-electron chi connectivity index (χ2n) is 7.06. The van der Waals surface area contributed by atoms with E-state index in [4.69, 9.17) is 10.00 Å². The van der Waals surface area contributed by atoms with Gasteiger partial charge >= 0.3 is 5.97 Å². The Morgan fingerprint density at radius 1 is 1.17 bits per heavy atom. The number of esters is 1. The summed E-state index contributed by atoms with van der Waals surface area (Å²) in [6, 6.07) is 18.3. The summed E-state index contributed by atoms with van der Waals surface area (Å²) in [7, 11) is 0. The maximum absolute atomic E-state index is 12.6. The van der Waals surface area contributed by atoms with Gasteiger partial charge in [-0.3, -0.25) is 9.59 Å². The SMILES string of the molecule is C/C(=C\Nc1ccccc1)CC(=O)OC(C(=O)NC1CC1)c1ccc(C#N)cc1. The van der Waals surface area contributed by atoms with Crippen LogP contribution in [0.4, 0.5) is 5.69 Å². The maximum atomic E-state index is 12.6. The van der Waals surface area contributed by atoms with Crippen LogP contribution in [0.25, 0.3) is 0 Å². The molecule has 29 heavy (non-hydrogen) atoms. The molecule has 6 heteroatoms. The van der Waals surface area contributed by atoms with Crippen molar-refractivity contribution in [2.24, 2.45) is 0 Å². The first-order chi connectivity index (χ1) is 14.0. The maximum Gasteiger partial charge on any atom is 0.311 e. The van der Waals surface area contributed by atoms with Gasteiger partial charge in [-0.2, -0.15) is 5.26 Å². The van der Waals surface area contributed by atoms with Crippen molar-refractivity contribution >= 4 is 17.6 Å². The Morgan fingerprint density at radius 3 is 2.48 bits per heavy atom. The van der Waals surface area contributed by atoms with Crippen molar-refractivity contribution in [1.82, 2.24) is 5.32 Å². The van der Waals surface area contributed by atoms with Crippen LogP contribution in [-0.2, 0) is 14.3 Å². The van der Waals surface area contributed by atoms with Crippen LogP contribution < -0.4 is 10.6 Å². The summed E-state index contributed by atoms with van der Waals surface area (Å²) < 4.78 is 5.52. The molecule has 2 aromatic rings. The van der Waals surface area contributed by atoms with E-state index in [0.717, 1.165) is 24.1 Å². The molecule has 0 aliphatic heterocycles. The highest BCUT2D eigenvalue weighted by Gasteiger charge is 2.30. The van der Waals surface area contributed by atoms with Crippen molar-refractivity contribution in [3.8, 4) is 6.07 Å². The monoisotopic (exact) mass is 389 g/mol. The molecule has 1 saturated carbocycles. The third-order valence-electron chi connectivity index (χ3n) is 4.44. The largest absolute Gasteiger partial charge is 0.447 e. The van der Waals surface area contributed by atoms with Gasteiger partial charge < -0.3 is 15.4 Å². The molecule has 0 aromatic heterocycles. The molecule has 0 radical (unpaired) electrons. The van der Waals surface area contributed by atoms with Crippen molar-refractivity contribution < 1.29 is 14.3 Å². The number of amides is 1. The molecule has 0 saturated heterocycles. The number of ether oxygens (including phenoxy) is 1. The highest BCUT2D eigenvalue weighted by molar-refractivity contribution is 5.86. The number of nitrogens with zero attached hydrogens (tertiary/aromatic N) is 1. The lowest BCUT2D eigenvalue weighted by Crippen LogP contribution is -2.33. The molecule has 1 unspecified atom stereocenters. The summed E-state index contributed by atoms with van der Waals surface area (Å²) in [5.41, 5.74) is 2.71. The summed E-state index contributed by atoms with van der Waals surface area (Å²) >= 11 is 0. The molecule has 1 amide bonds. The zero-order valence-electron chi connectivity index (χ0n) is 16.2. The Labute approximate surface area is 170 Å². The van der Waals surface area contributed by atoms with Gasteiger partial charge in [-0.25, -0.2) is 0 Å². The van der Waals surface area contributed by atoms with Crippen LogP contribution in [0.3, 0.4) is 0 Å². The lowest BCUT2D eigenvalue weighted by Gasteiger charge is -2.18. The van der Waals surface area contributed by atoms with Gasteiger partial charge in [0.15, 0.2) is 0 Å². The van der Waals surface area contributed by atoms with Gasteiger partial charge in [-0.1, -0.05) is 30.3 Å². The molecule has 0 heterocycles. The fourth-order valence-corrected chi connectivity index (χ4v) is 2.70. The Bertz CT molecular complexity index is 926. The summed E-state index contributed by atoms with van der Waals surface area (Å²) in [4.78, 5) is 25.1. The fourth-order valence-electron chi connectivity index (χ4n) is 2.70. The number of hydrogen-bond donors (Lipinski definition) is 2. The van der Waals surface area contributed by atoms with Crippen LogP contribution >= 0.6 is 0 Å². The molecule has 3 rings (SSSR count). The number of benzene rings is 2. The average molecular weight is 389 g/mol. The number of nitriles is 1. The van der Waals surface area contributed by atoms with Crippen molar-refractivity contribution in [3.05, 3.63) is 77.5 Å². The molecule has 1 aliphatic carbocycles. The molecule has 148 valence electrons. The van der Waals surface area contributed by atoms with Crippen LogP contribution in [0.15, 0.2) is 66.4 Å². The number of para-hydroxylation sites is 1. The van der Waals surface area contributed by atoms with Gasteiger partial charge in [0.05, 0.1) is 18.1 Å². The number of carbonyl (C=O) groups is 2. The van der Waals surface area contributed by atoms with E-state index in [-0.39, 0.29) is 18.4 Å². The minimum absolute atomic E-state index is 0.0589. The molecule has 0 bridgehead atoms. The number of rotatable bonds is 8. The minimum atomic E-state index is -1.04. The van der Waals surface area contributed by atoms with Gasteiger partial charge in [0, 0.05) is 23.5 Å². The molecular formula is C23H23N3O3. The van der Waals surface area contributed by atoms with E-state index in [0.29, 0.717) is 11.1 Å². The first kappa shape index (κ1) is 20.2. The Kier molecular flexibility index (Phi) is 6.64. The van der Waals surface area contributed by atoms with Crippen LogP contribution in [-0.4, -0.2) is 17.9 Å². The zero-order chi connectivity index (χ0) is 20.6. The molecule has 1 aliphatic rings. The van der Waals surface area contributed by atoms with Gasteiger partial charge in [0.2, 0.25) is 6.10 Å². The highest BCUT2D eigenvalue weighted by atomic mass is 16.5. The highest BCUT2D eigenvalue weighted by Crippen LogP contribution is 2.24. The first-order valence-electron chi connectivity index (χ1n) is 9.52. The van der Waals surface area contributed by atoms with E-state index in [1.165, 1.54) is 0 Å². The predicted octanol–water partition coefficient (Wildman–Crippen LogP) is 3.83. The van der Waals surface area contributed by atoms with E-state index in [1.807, 2.05) is 43.3 Å². The first-order valence-corrected chi connectivity index (χ1v) is 9.52. The quantitative estimate of drug-likeness (QED) is 0.670. The van der Waals surface area contributed by atoms with Gasteiger partial charge in [-0.15, -0.1) is 0 Å². The van der Waals surface area contributed by atoms with Crippen LogP contribution in [0.1, 0.15) is 43.4 Å². The standard InChI is InChI=1S/C23H23N3O3/c1-16(15-25-19-5-3-2-4-6-19)13-21(27)29-22(23(28)26-20-11-12-20)18-9-7-17(14-24)8-10-18/h2-10,15,20,22,25H,11-13H2,1H3,(H,26,28)/b16-15+. The van der Waals surface area contributed by atoms with Crippen molar-refractivity contribution in [2.75, 3.05) is 5.32 Å². The van der Waals surface area contributed by atoms with Gasteiger partial charge in [-0.05, 0) is 49.6 Å². The van der Waals surface area contributed by atoms with Gasteiger partial charge in [0.25, 0.3) is 5.91 Å². The minimum Gasteiger partial charge on any atom is -0.447 e. The van der Waals surface area contributed by atoms with Gasteiger partial charge in [0.1, 0.15) is 0 Å². The summed E-state index contributed by atoms with van der Waals surface area (Å²) in [5.74, 6) is -0.830. The molecule has 6 nitrogen and oxygen atoms in total. The van der Waals surface area contributed by atoms with Crippen molar-refractivity contribution in [2.45, 2.75) is 38.3 Å². The second-order valence-corrected chi connectivity index (χ2v) is 7.06. The van der Waals surface area contributed by atoms with E-state index in [2.05, 4.69) is 10.6 Å². The topological polar surface area (TPSA) is 91.2 Å².